The van der Waals surface area contributed by atoms with Crippen LogP contribution in [0.3, 0.4) is 0 Å². The lowest BCUT2D eigenvalue weighted by molar-refractivity contribution is -0.301. The maximum absolute atomic E-state index is 13.2. The van der Waals surface area contributed by atoms with E-state index < -0.39 is 24.5 Å². The second-order valence-electron chi connectivity index (χ2n) is 7.85. The van der Waals surface area contributed by atoms with Gasteiger partial charge in [-0.1, -0.05) is 36.4 Å². The van der Waals surface area contributed by atoms with Gasteiger partial charge in [0.2, 0.25) is 11.9 Å². The van der Waals surface area contributed by atoms with Crippen molar-refractivity contribution in [3.8, 4) is 6.01 Å². The monoisotopic (exact) mass is 497 g/mol. The molecule has 0 unspecified atom stereocenters. The molecule has 0 aliphatic carbocycles. The van der Waals surface area contributed by atoms with Crippen LogP contribution in [-0.4, -0.2) is 46.5 Å². The van der Waals surface area contributed by atoms with Crippen LogP contribution in [0.4, 0.5) is 49.6 Å². The quantitative estimate of drug-likeness (QED) is 0.378. The smallest absolute Gasteiger partial charge is 0.434 e. The molecule has 0 N–H and O–H groups in total. The molecule has 0 radical (unpaired) electrons. The summed E-state index contributed by atoms with van der Waals surface area (Å²) >= 11 is 0. The van der Waals surface area contributed by atoms with E-state index in [4.69, 9.17) is 0 Å². The first-order valence-electron chi connectivity index (χ1n) is 10.8. The van der Waals surface area contributed by atoms with Crippen molar-refractivity contribution in [1.82, 2.24) is 15.0 Å². The lowest BCUT2D eigenvalue weighted by Gasteiger charge is -2.29. The second-order valence-corrected chi connectivity index (χ2v) is 7.85. The summed E-state index contributed by atoms with van der Waals surface area (Å²) in [5.74, 6) is -0.222. The molecular formula is C23H21F6N5O. The van der Waals surface area contributed by atoms with E-state index in [0.717, 1.165) is 19.3 Å². The Morgan fingerprint density at radius 2 is 1.23 bits per heavy atom. The molecule has 6 nitrogen and oxygen atoms in total. The van der Waals surface area contributed by atoms with Crippen LogP contribution in [0.15, 0.2) is 60.7 Å². The van der Waals surface area contributed by atoms with E-state index in [9.17, 15) is 26.3 Å². The average Bonchev–Trinajstić information content (AvgIpc) is 2.83. The molecule has 1 saturated heterocycles. The Morgan fingerprint density at radius 3 is 1.71 bits per heavy atom. The van der Waals surface area contributed by atoms with Gasteiger partial charge in [0, 0.05) is 24.5 Å². The number of para-hydroxylation sites is 2. The minimum absolute atomic E-state index is 0.0512. The summed E-state index contributed by atoms with van der Waals surface area (Å²) in [5, 5.41) is 0. The summed E-state index contributed by atoms with van der Waals surface area (Å²) < 4.78 is 83.6. The predicted octanol–water partition coefficient (Wildman–Crippen LogP) is 6.20. The zero-order chi connectivity index (χ0) is 25.1. The number of rotatable bonds is 6. The third-order valence-electron chi connectivity index (χ3n) is 5.28. The molecule has 186 valence electrons. The number of aromatic nitrogens is 3. The molecule has 1 fully saturated rings. The summed E-state index contributed by atoms with van der Waals surface area (Å²) in [7, 11) is 0. The van der Waals surface area contributed by atoms with E-state index in [1.54, 1.807) is 65.6 Å². The molecule has 0 amide bonds. The molecule has 4 rings (SSSR count). The van der Waals surface area contributed by atoms with Crippen molar-refractivity contribution in [2.24, 2.45) is 0 Å². The molecule has 35 heavy (non-hydrogen) atoms. The van der Waals surface area contributed by atoms with Crippen molar-refractivity contribution in [3.63, 3.8) is 0 Å². The van der Waals surface area contributed by atoms with Crippen LogP contribution in [0.2, 0.25) is 0 Å². The number of benzene rings is 2. The largest absolute Gasteiger partial charge is 0.440 e. The van der Waals surface area contributed by atoms with Crippen LogP contribution in [0.1, 0.15) is 19.3 Å². The maximum Gasteiger partial charge on any atom is 0.434 e. The van der Waals surface area contributed by atoms with Crippen LogP contribution < -0.4 is 14.5 Å². The Bertz CT molecular complexity index is 1050. The molecule has 2 aromatic carbocycles. The van der Waals surface area contributed by atoms with Gasteiger partial charge in [-0.3, -0.25) is 4.90 Å². The van der Waals surface area contributed by atoms with Gasteiger partial charge in [-0.15, -0.1) is 0 Å². The molecule has 0 atom stereocenters. The summed E-state index contributed by atoms with van der Waals surface area (Å²) in [6.45, 7) is 1.00. The number of hydrogen-bond acceptors (Lipinski definition) is 6. The Balaban J connectivity index is 1.84. The lowest BCUT2D eigenvalue weighted by atomic mass is 10.1. The molecule has 2 heterocycles. The third kappa shape index (κ3) is 5.92. The molecule has 0 spiro atoms. The maximum atomic E-state index is 13.2. The number of hydrogen-bond donors (Lipinski definition) is 0. The topological polar surface area (TPSA) is 54.4 Å². The summed E-state index contributed by atoms with van der Waals surface area (Å²) in [6, 6.07) is 16.3. The van der Waals surface area contributed by atoms with E-state index in [-0.39, 0.29) is 11.9 Å². The molecule has 12 heteroatoms. The number of nitrogens with zero attached hydrogens (tertiary/aromatic N) is 5. The van der Waals surface area contributed by atoms with Crippen molar-refractivity contribution < 1.29 is 31.1 Å². The van der Waals surface area contributed by atoms with E-state index in [1.165, 1.54) is 4.90 Å². The van der Waals surface area contributed by atoms with Crippen LogP contribution in [0, 0.1) is 0 Å². The Morgan fingerprint density at radius 1 is 0.714 bits per heavy atom. The molecule has 1 aliphatic heterocycles. The standard InChI is InChI=1S/C23H21F6N5O/c24-22(25,26)18(23(27,28)29)35-21-31-19(33-14-8-3-9-15-33)30-20(32-21)34(16-10-4-1-5-11-16)17-12-6-2-7-13-17/h1-2,4-7,10-13,18H,3,8-9,14-15H2. The van der Waals surface area contributed by atoms with Crippen molar-refractivity contribution in [3.05, 3.63) is 60.7 Å². The zero-order valence-corrected chi connectivity index (χ0v) is 18.3. The van der Waals surface area contributed by atoms with E-state index >= 15 is 0 Å². The summed E-state index contributed by atoms with van der Waals surface area (Å²) in [6.07, 6.45) is -13.0. The van der Waals surface area contributed by atoms with Gasteiger partial charge in [0.1, 0.15) is 0 Å². The Hall–Kier alpha value is -3.57. The average molecular weight is 497 g/mol. The minimum atomic E-state index is -5.71. The fraction of sp³-hybridized carbons (Fsp3) is 0.348. The highest BCUT2D eigenvalue weighted by Gasteiger charge is 2.59. The molecule has 1 aromatic heterocycles. The number of anilines is 4. The highest BCUT2D eigenvalue weighted by molar-refractivity contribution is 5.72. The SMILES string of the molecule is FC(F)(F)C(Oc1nc(N2CCCCC2)nc(N(c2ccccc2)c2ccccc2)n1)C(F)(F)F. The van der Waals surface area contributed by atoms with Crippen molar-refractivity contribution in [2.75, 3.05) is 22.9 Å². The highest BCUT2D eigenvalue weighted by Crippen LogP contribution is 2.38. The number of ether oxygens (including phenoxy) is 1. The summed E-state index contributed by atoms with van der Waals surface area (Å²) in [4.78, 5) is 15.4. The normalized spacial score (nSPS) is 14.8. The van der Waals surface area contributed by atoms with Gasteiger partial charge in [0.25, 0.3) is 6.10 Å². The van der Waals surface area contributed by atoms with Crippen LogP contribution in [-0.2, 0) is 0 Å². The molecule has 0 saturated carbocycles. The van der Waals surface area contributed by atoms with E-state index in [1.807, 2.05) is 0 Å². The minimum Gasteiger partial charge on any atom is -0.440 e. The Kier molecular flexibility index (Phi) is 6.99. The van der Waals surface area contributed by atoms with E-state index in [2.05, 4.69) is 19.7 Å². The fourth-order valence-electron chi connectivity index (χ4n) is 3.68. The van der Waals surface area contributed by atoms with Gasteiger partial charge in [0.05, 0.1) is 0 Å². The van der Waals surface area contributed by atoms with Crippen LogP contribution in [0.25, 0.3) is 0 Å². The van der Waals surface area contributed by atoms with Crippen molar-refractivity contribution in [2.45, 2.75) is 37.7 Å². The number of alkyl halides is 6. The van der Waals surface area contributed by atoms with Gasteiger partial charge < -0.3 is 9.64 Å². The molecular weight excluding hydrogens is 476 g/mol. The van der Waals surface area contributed by atoms with Gasteiger partial charge in [0.15, 0.2) is 0 Å². The van der Waals surface area contributed by atoms with Gasteiger partial charge in [-0.2, -0.15) is 41.3 Å². The summed E-state index contributed by atoms with van der Waals surface area (Å²) in [5.41, 5.74) is 1.09. The Labute approximate surface area is 197 Å². The van der Waals surface area contributed by atoms with E-state index in [0.29, 0.717) is 24.5 Å². The first-order valence-corrected chi connectivity index (χ1v) is 10.8. The van der Waals surface area contributed by atoms with Crippen molar-refractivity contribution in [1.29, 1.82) is 0 Å². The highest BCUT2D eigenvalue weighted by atomic mass is 19.4. The van der Waals surface area contributed by atoms with Gasteiger partial charge in [-0.25, -0.2) is 0 Å². The number of halogens is 6. The molecule has 1 aliphatic rings. The first-order chi connectivity index (χ1) is 16.6. The first kappa shape index (κ1) is 24.6. The van der Waals surface area contributed by atoms with Crippen LogP contribution >= 0.6 is 0 Å². The predicted molar refractivity (Wildman–Crippen MR) is 117 cm³/mol. The van der Waals surface area contributed by atoms with Crippen molar-refractivity contribution >= 4 is 23.3 Å². The fourth-order valence-corrected chi connectivity index (χ4v) is 3.68. The lowest BCUT2D eigenvalue weighted by Crippen LogP contribution is -2.47. The van der Waals surface area contributed by atoms with Crippen LogP contribution in [0.5, 0.6) is 6.01 Å². The van der Waals surface area contributed by atoms with Gasteiger partial charge in [-0.05, 0) is 43.5 Å². The third-order valence-corrected chi connectivity index (χ3v) is 5.28. The molecule has 0 bridgehead atoms. The molecule has 3 aromatic rings. The van der Waals surface area contributed by atoms with Gasteiger partial charge >= 0.3 is 18.4 Å². The second kappa shape index (κ2) is 9.96. The zero-order valence-electron chi connectivity index (χ0n) is 18.3. The number of piperidine rings is 1.